The molecule has 0 aliphatic carbocycles. The van der Waals surface area contributed by atoms with Crippen LogP contribution in [0.2, 0.25) is 0 Å². The highest BCUT2D eigenvalue weighted by molar-refractivity contribution is 14.0. The number of aryl methyl sites for hydroxylation is 4. The lowest BCUT2D eigenvalue weighted by atomic mass is 10.1. The number of guanidine groups is 1. The van der Waals surface area contributed by atoms with E-state index in [4.69, 9.17) is 0 Å². The zero-order valence-electron chi connectivity index (χ0n) is 16.4. The fourth-order valence-corrected chi connectivity index (χ4v) is 2.89. The molecule has 0 unspecified atom stereocenters. The molecule has 2 aromatic rings. The third-order valence-corrected chi connectivity index (χ3v) is 3.91. The van der Waals surface area contributed by atoms with Crippen LogP contribution in [0.1, 0.15) is 35.6 Å². The summed E-state index contributed by atoms with van der Waals surface area (Å²) < 4.78 is 1.98. The Morgan fingerprint density at radius 2 is 1.81 bits per heavy atom. The lowest BCUT2D eigenvalue weighted by Gasteiger charge is -2.12. The summed E-state index contributed by atoms with van der Waals surface area (Å²) in [7, 11) is 0. The number of hydrogen-bond acceptors (Lipinski definition) is 2. The molecule has 1 heterocycles. The molecule has 0 saturated heterocycles. The molecular formula is C20H32IN5. The Morgan fingerprint density at radius 3 is 2.42 bits per heavy atom. The van der Waals surface area contributed by atoms with Gasteiger partial charge in [0.15, 0.2) is 5.96 Å². The molecule has 1 aromatic carbocycles. The Morgan fingerprint density at radius 1 is 1.08 bits per heavy atom. The number of benzene rings is 1. The van der Waals surface area contributed by atoms with Crippen LogP contribution in [-0.2, 0) is 13.0 Å². The molecular weight excluding hydrogens is 437 g/mol. The Balaban J connectivity index is 0.00000338. The number of nitrogens with zero attached hydrogens (tertiary/aromatic N) is 3. The van der Waals surface area contributed by atoms with Crippen LogP contribution in [0.4, 0.5) is 0 Å². The number of aliphatic imine (C=N–C) groups is 1. The Bertz CT molecular complexity index is 673. The predicted octanol–water partition coefficient (Wildman–Crippen LogP) is 3.61. The number of halogens is 1. The average molecular weight is 469 g/mol. The second kappa shape index (κ2) is 11.9. The average Bonchev–Trinajstić information content (AvgIpc) is 2.96. The molecule has 144 valence electrons. The monoisotopic (exact) mass is 469 g/mol. The van der Waals surface area contributed by atoms with Crippen LogP contribution in [0.3, 0.4) is 0 Å². The third-order valence-electron chi connectivity index (χ3n) is 3.91. The minimum Gasteiger partial charge on any atom is -0.357 e. The van der Waals surface area contributed by atoms with E-state index >= 15 is 0 Å². The summed E-state index contributed by atoms with van der Waals surface area (Å²) in [5.74, 6) is 0.892. The normalized spacial score (nSPS) is 11.2. The van der Waals surface area contributed by atoms with Crippen molar-refractivity contribution in [1.29, 1.82) is 0 Å². The number of rotatable bonds is 8. The Kier molecular flexibility index (Phi) is 10.3. The fourth-order valence-electron chi connectivity index (χ4n) is 2.89. The first-order valence-electron chi connectivity index (χ1n) is 9.15. The lowest BCUT2D eigenvalue weighted by Crippen LogP contribution is -2.38. The minimum atomic E-state index is 0. The zero-order valence-corrected chi connectivity index (χ0v) is 18.7. The van der Waals surface area contributed by atoms with Gasteiger partial charge in [0.05, 0.1) is 6.20 Å². The molecule has 5 nitrogen and oxygen atoms in total. The zero-order chi connectivity index (χ0) is 18.1. The maximum Gasteiger partial charge on any atom is 0.191 e. The molecule has 0 amide bonds. The van der Waals surface area contributed by atoms with E-state index in [0.717, 1.165) is 45.0 Å². The van der Waals surface area contributed by atoms with Gasteiger partial charge < -0.3 is 10.6 Å². The van der Waals surface area contributed by atoms with Crippen LogP contribution in [-0.4, -0.2) is 35.4 Å². The molecule has 0 atom stereocenters. The van der Waals surface area contributed by atoms with Crippen molar-refractivity contribution in [2.45, 2.75) is 47.1 Å². The van der Waals surface area contributed by atoms with Gasteiger partial charge in [0.25, 0.3) is 0 Å². The van der Waals surface area contributed by atoms with E-state index in [0.29, 0.717) is 0 Å². The summed E-state index contributed by atoms with van der Waals surface area (Å²) >= 11 is 0. The van der Waals surface area contributed by atoms with Gasteiger partial charge in [-0.1, -0.05) is 29.3 Å². The molecule has 1 aromatic heterocycles. The van der Waals surface area contributed by atoms with Gasteiger partial charge >= 0.3 is 0 Å². The summed E-state index contributed by atoms with van der Waals surface area (Å²) in [6.45, 7) is 11.9. The molecule has 0 radical (unpaired) electrons. The van der Waals surface area contributed by atoms with Crippen molar-refractivity contribution in [3.05, 3.63) is 52.8 Å². The smallest absolute Gasteiger partial charge is 0.191 e. The van der Waals surface area contributed by atoms with Crippen LogP contribution in [0.25, 0.3) is 0 Å². The van der Waals surface area contributed by atoms with Crippen molar-refractivity contribution in [1.82, 2.24) is 20.4 Å². The third kappa shape index (κ3) is 8.21. The van der Waals surface area contributed by atoms with Gasteiger partial charge in [0, 0.05) is 32.4 Å². The standard InChI is InChI=1S/C20H31N5.HI/c1-5-21-20(22-8-6-10-25-15-18(4)14-24-25)23-9-7-19-12-16(2)11-17(3)13-19;/h11-15H,5-10H2,1-4H3,(H2,21,22,23);1H. The number of nitrogens with one attached hydrogen (secondary N) is 2. The highest BCUT2D eigenvalue weighted by atomic mass is 127. The van der Waals surface area contributed by atoms with Crippen LogP contribution in [0, 0.1) is 20.8 Å². The SMILES string of the molecule is CCNC(=NCCCn1cc(C)cn1)NCCc1cc(C)cc(C)c1.I. The Hall–Kier alpha value is -1.57. The second-order valence-electron chi connectivity index (χ2n) is 6.57. The summed E-state index contributed by atoms with van der Waals surface area (Å²) in [4.78, 5) is 4.65. The van der Waals surface area contributed by atoms with Crippen LogP contribution < -0.4 is 10.6 Å². The quantitative estimate of drug-likeness (QED) is 0.269. The molecule has 0 aliphatic rings. The van der Waals surface area contributed by atoms with E-state index in [-0.39, 0.29) is 24.0 Å². The van der Waals surface area contributed by atoms with Gasteiger partial charge in [-0.25, -0.2) is 0 Å². The van der Waals surface area contributed by atoms with Gasteiger partial charge in [0.2, 0.25) is 0 Å². The van der Waals surface area contributed by atoms with E-state index in [1.165, 1.54) is 22.3 Å². The molecule has 0 saturated carbocycles. The number of hydrogen-bond donors (Lipinski definition) is 2. The van der Waals surface area contributed by atoms with E-state index in [1.54, 1.807) is 0 Å². The molecule has 2 rings (SSSR count). The number of aromatic nitrogens is 2. The summed E-state index contributed by atoms with van der Waals surface area (Å²) in [6.07, 6.45) is 5.94. The largest absolute Gasteiger partial charge is 0.357 e. The van der Waals surface area contributed by atoms with Crippen molar-refractivity contribution < 1.29 is 0 Å². The molecule has 26 heavy (non-hydrogen) atoms. The molecule has 0 aliphatic heterocycles. The summed E-state index contributed by atoms with van der Waals surface area (Å²) in [5.41, 5.74) is 5.22. The van der Waals surface area contributed by atoms with Crippen molar-refractivity contribution in [2.24, 2.45) is 4.99 Å². The highest BCUT2D eigenvalue weighted by Crippen LogP contribution is 2.08. The highest BCUT2D eigenvalue weighted by Gasteiger charge is 2.00. The van der Waals surface area contributed by atoms with Crippen LogP contribution in [0.5, 0.6) is 0 Å². The lowest BCUT2D eigenvalue weighted by molar-refractivity contribution is 0.583. The van der Waals surface area contributed by atoms with Crippen LogP contribution >= 0.6 is 24.0 Å². The van der Waals surface area contributed by atoms with Gasteiger partial charge in [-0.2, -0.15) is 5.10 Å². The van der Waals surface area contributed by atoms with E-state index in [1.807, 2.05) is 10.9 Å². The first-order valence-corrected chi connectivity index (χ1v) is 9.15. The van der Waals surface area contributed by atoms with E-state index in [9.17, 15) is 0 Å². The summed E-state index contributed by atoms with van der Waals surface area (Å²) in [6, 6.07) is 6.72. The van der Waals surface area contributed by atoms with Crippen molar-refractivity contribution in [3.8, 4) is 0 Å². The maximum absolute atomic E-state index is 4.65. The first-order chi connectivity index (χ1) is 12.1. The fraction of sp³-hybridized carbons (Fsp3) is 0.500. The van der Waals surface area contributed by atoms with Crippen molar-refractivity contribution in [2.75, 3.05) is 19.6 Å². The molecule has 0 bridgehead atoms. The first kappa shape index (κ1) is 22.5. The van der Waals surface area contributed by atoms with E-state index in [2.05, 4.69) is 72.8 Å². The van der Waals surface area contributed by atoms with Gasteiger partial charge in [-0.3, -0.25) is 9.67 Å². The summed E-state index contributed by atoms with van der Waals surface area (Å²) in [5, 5.41) is 11.0. The van der Waals surface area contributed by atoms with Gasteiger partial charge in [-0.15, -0.1) is 24.0 Å². The predicted molar refractivity (Wildman–Crippen MR) is 121 cm³/mol. The van der Waals surface area contributed by atoms with Gasteiger partial charge in [-0.05, 0) is 51.7 Å². The Labute approximate surface area is 174 Å². The topological polar surface area (TPSA) is 54.2 Å². The minimum absolute atomic E-state index is 0. The van der Waals surface area contributed by atoms with Crippen molar-refractivity contribution >= 4 is 29.9 Å². The second-order valence-corrected chi connectivity index (χ2v) is 6.57. The molecule has 6 heteroatoms. The van der Waals surface area contributed by atoms with Gasteiger partial charge in [0.1, 0.15) is 0 Å². The van der Waals surface area contributed by atoms with Crippen LogP contribution in [0.15, 0.2) is 35.6 Å². The molecule has 0 fully saturated rings. The van der Waals surface area contributed by atoms with E-state index < -0.39 is 0 Å². The maximum atomic E-state index is 4.65. The molecule has 2 N–H and O–H groups in total. The van der Waals surface area contributed by atoms with Crippen molar-refractivity contribution in [3.63, 3.8) is 0 Å². The molecule has 0 spiro atoms.